The molecule has 2 amide bonds. The van der Waals surface area contributed by atoms with Crippen molar-refractivity contribution in [3.8, 4) is 0 Å². The normalized spacial score (nSPS) is 17.4. The highest BCUT2D eigenvalue weighted by molar-refractivity contribution is 5.74. The minimum Gasteiger partial charge on any atom is -0.465 e. The van der Waals surface area contributed by atoms with Gasteiger partial charge in [-0.2, -0.15) is 0 Å². The number of rotatable bonds is 21. The highest BCUT2D eigenvalue weighted by Crippen LogP contribution is 2.46. The lowest BCUT2D eigenvalue weighted by atomic mass is 9.75. The van der Waals surface area contributed by atoms with E-state index in [-0.39, 0.29) is 17.4 Å². The fraction of sp³-hybridized carbons (Fsp3) is 0.818. The van der Waals surface area contributed by atoms with Gasteiger partial charge in [0, 0.05) is 38.0 Å². The van der Waals surface area contributed by atoms with Crippen molar-refractivity contribution in [3.05, 3.63) is 24.3 Å². The van der Waals surface area contributed by atoms with Gasteiger partial charge in [-0.15, -0.1) is 0 Å². The van der Waals surface area contributed by atoms with Crippen LogP contribution in [-0.2, 0) is 9.53 Å². The first-order valence-electron chi connectivity index (χ1n) is 16.1. The van der Waals surface area contributed by atoms with Gasteiger partial charge in [0.05, 0.1) is 6.61 Å². The lowest BCUT2D eigenvalue weighted by molar-refractivity contribution is -0.149. The van der Waals surface area contributed by atoms with Crippen LogP contribution in [0.2, 0.25) is 0 Å². The molecule has 6 nitrogen and oxygen atoms in total. The lowest BCUT2D eigenvalue weighted by Gasteiger charge is -2.41. The Morgan fingerprint density at radius 1 is 0.923 bits per heavy atom. The zero-order chi connectivity index (χ0) is 28.2. The van der Waals surface area contributed by atoms with Gasteiger partial charge < -0.3 is 19.9 Å². The summed E-state index contributed by atoms with van der Waals surface area (Å²) >= 11 is 0. The number of ether oxygens (including phenoxy) is 1. The molecule has 1 saturated carbocycles. The van der Waals surface area contributed by atoms with Crippen LogP contribution in [0.1, 0.15) is 116 Å². The minimum atomic E-state index is -0.0419. The summed E-state index contributed by atoms with van der Waals surface area (Å²) in [7, 11) is 4.02. The van der Waals surface area contributed by atoms with Gasteiger partial charge in [-0.25, -0.2) is 4.79 Å². The van der Waals surface area contributed by atoms with Crippen LogP contribution in [0.25, 0.3) is 0 Å². The number of unbranched alkanes of at least 4 members (excludes halogenated alkanes) is 8. The minimum absolute atomic E-state index is 0.0372. The van der Waals surface area contributed by atoms with Gasteiger partial charge in [-0.1, -0.05) is 76.2 Å². The monoisotopic (exact) mass is 545 g/mol. The molecular weight excluding hydrogens is 486 g/mol. The van der Waals surface area contributed by atoms with E-state index in [1.54, 1.807) is 0 Å². The Morgan fingerprint density at radius 2 is 1.56 bits per heavy atom. The first-order chi connectivity index (χ1) is 18.9. The summed E-state index contributed by atoms with van der Waals surface area (Å²) in [5.41, 5.74) is 0.0512. The fourth-order valence-corrected chi connectivity index (χ4v) is 5.41. The van der Waals surface area contributed by atoms with E-state index in [4.69, 9.17) is 4.74 Å². The molecule has 0 bridgehead atoms. The summed E-state index contributed by atoms with van der Waals surface area (Å²) < 4.78 is 5.84. The molecule has 2 fully saturated rings. The van der Waals surface area contributed by atoms with Crippen molar-refractivity contribution in [2.24, 2.45) is 11.3 Å². The number of nitrogens with one attached hydrogen (secondary N) is 1. The third-order valence-corrected chi connectivity index (χ3v) is 8.24. The van der Waals surface area contributed by atoms with Gasteiger partial charge in [0.2, 0.25) is 0 Å². The quantitative estimate of drug-likeness (QED) is 0.0922. The molecule has 224 valence electrons. The van der Waals surface area contributed by atoms with Gasteiger partial charge >= 0.3 is 12.0 Å². The van der Waals surface area contributed by atoms with Crippen LogP contribution in [0.15, 0.2) is 24.3 Å². The third kappa shape index (κ3) is 16.1. The Bertz CT molecular complexity index is 722. The number of likely N-dealkylation sites (N-methyl/N-ethyl adjacent to an activating group) is 1. The maximum atomic E-state index is 12.5. The number of amides is 2. The fourth-order valence-electron chi connectivity index (χ4n) is 5.41. The number of likely N-dealkylation sites (tertiary alicyclic amines) is 1. The first kappa shape index (κ1) is 33.4. The maximum absolute atomic E-state index is 12.5. The van der Waals surface area contributed by atoms with Crippen LogP contribution < -0.4 is 5.32 Å². The van der Waals surface area contributed by atoms with E-state index in [0.29, 0.717) is 19.6 Å². The Balaban J connectivity index is 1.53. The number of allylic oxidation sites excluding steroid dienone is 4. The van der Waals surface area contributed by atoms with E-state index in [1.807, 2.05) is 19.0 Å². The van der Waals surface area contributed by atoms with E-state index < -0.39 is 0 Å². The SMILES string of the molecule is CCCCC/C=C\C/C=C\CCCCCCCC(=O)OCC1(CC2CC2)CCN(C(=O)NCCN(C)C)CC1. The van der Waals surface area contributed by atoms with E-state index in [2.05, 4.69) is 41.4 Å². The summed E-state index contributed by atoms with van der Waals surface area (Å²) in [6.45, 7) is 5.79. The van der Waals surface area contributed by atoms with Crippen molar-refractivity contribution in [1.82, 2.24) is 15.1 Å². The average Bonchev–Trinajstić information content (AvgIpc) is 3.73. The summed E-state index contributed by atoms with van der Waals surface area (Å²) in [5, 5.41) is 3.03. The molecule has 0 atom stereocenters. The number of carbonyl (C=O) groups excluding carboxylic acids is 2. The molecule has 0 spiro atoms. The highest BCUT2D eigenvalue weighted by atomic mass is 16.5. The Hall–Kier alpha value is -1.82. The zero-order valence-corrected chi connectivity index (χ0v) is 25.6. The second kappa shape index (κ2) is 20.1. The number of urea groups is 1. The van der Waals surface area contributed by atoms with Crippen LogP contribution in [0.4, 0.5) is 4.79 Å². The Morgan fingerprint density at radius 3 is 2.21 bits per heavy atom. The summed E-state index contributed by atoms with van der Waals surface area (Å²) in [4.78, 5) is 29.0. The number of esters is 1. The van der Waals surface area contributed by atoms with E-state index in [1.165, 1.54) is 57.8 Å². The summed E-state index contributed by atoms with van der Waals surface area (Å²) in [5.74, 6) is 0.741. The van der Waals surface area contributed by atoms with Crippen LogP contribution in [0.5, 0.6) is 0 Å². The van der Waals surface area contributed by atoms with Crippen LogP contribution in [0, 0.1) is 11.3 Å². The Labute approximate surface area is 240 Å². The largest absolute Gasteiger partial charge is 0.465 e. The molecule has 0 aromatic heterocycles. The number of nitrogens with zero attached hydrogens (tertiary/aromatic N) is 2. The van der Waals surface area contributed by atoms with Gasteiger partial charge in [0.1, 0.15) is 0 Å². The van der Waals surface area contributed by atoms with Gasteiger partial charge in [-0.3, -0.25) is 4.79 Å². The van der Waals surface area contributed by atoms with Crippen molar-refractivity contribution >= 4 is 12.0 Å². The van der Waals surface area contributed by atoms with Crippen LogP contribution in [-0.4, -0.2) is 68.7 Å². The van der Waals surface area contributed by atoms with Crippen LogP contribution >= 0.6 is 0 Å². The topological polar surface area (TPSA) is 61.9 Å². The highest BCUT2D eigenvalue weighted by Gasteiger charge is 2.41. The molecule has 1 aliphatic heterocycles. The second-order valence-electron chi connectivity index (χ2n) is 12.3. The molecule has 1 saturated heterocycles. The van der Waals surface area contributed by atoms with Gasteiger partial charge in [-0.05, 0) is 77.8 Å². The molecule has 2 rings (SSSR count). The van der Waals surface area contributed by atoms with E-state index in [9.17, 15) is 9.59 Å². The zero-order valence-electron chi connectivity index (χ0n) is 25.6. The molecule has 1 aliphatic carbocycles. The molecule has 0 aromatic rings. The van der Waals surface area contributed by atoms with Crippen molar-refractivity contribution < 1.29 is 14.3 Å². The van der Waals surface area contributed by atoms with Crippen molar-refractivity contribution in [2.45, 2.75) is 116 Å². The molecule has 39 heavy (non-hydrogen) atoms. The summed E-state index contributed by atoms with van der Waals surface area (Å²) in [6.07, 6.45) is 28.4. The lowest BCUT2D eigenvalue weighted by Crippen LogP contribution is -2.49. The van der Waals surface area contributed by atoms with E-state index >= 15 is 0 Å². The predicted molar refractivity (Wildman–Crippen MR) is 163 cm³/mol. The number of carbonyl (C=O) groups is 2. The molecule has 6 heteroatoms. The van der Waals surface area contributed by atoms with Gasteiger partial charge in [0.15, 0.2) is 0 Å². The Kier molecular flexibility index (Phi) is 17.2. The standard InChI is InChI=1S/C33H59N3O3/c1-4-5-6-7-8-9-10-11-12-13-14-15-16-17-18-19-31(37)39-29-33(28-30-20-21-30)22-25-36(26-23-33)32(38)34-24-27-35(2)3/h8-9,11-12,30H,4-7,10,13-29H2,1-3H3,(H,34,38)/b9-8-,12-11-. The van der Waals surface area contributed by atoms with Crippen molar-refractivity contribution in [1.29, 1.82) is 0 Å². The average molecular weight is 546 g/mol. The van der Waals surface area contributed by atoms with Crippen molar-refractivity contribution in [2.75, 3.05) is 46.9 Å². The summed E-state index contributed by atoms with van der Waals surface area (Å²) in [6, 6.07) is 0.0372. The van der Waals surface area contributed by atoms with Crippen LogP contribution in [0.3, 0.4) is 0 Å². The first-order valence-corrected chi connectivity index (χ1v) is 16.1. The molecule has 1 N–H and O–H groups in total. The van der Waals surface area contributed by atoms with E-state index in [0.717, 1.165) is 70.5 Å². The maximum Gasteiger partial charge on any atom is 0.317 e. The molecular formula is C33H59N3O3. The second-order valence-corrected chi connectivity index (χ2v) is 12.3. The third-order valence-electron chi connectivity index (χ3n) is 8.24. The van der Waals surface area contributed by atoms with Crippen molar-refractivity contribution in [3.63, 3.8) is 0 Å². The molecule has 0 aromatic carbocycles. The molecule has 0 radical (unpaired) electrons. The predicted octanol–water partition coefficient (Wildman–Crippen LogP) is 7.50. The number of hydrogen-bond donors (Lipinski definition) is 1. The molecule has 2 aliphatic rings. The number of piperidine rings is 1. The smallest absolute Gasteiger partial charge is 0.317 e. The van der Waals surface area contributed by atoms with Gasteiger partial charge in [0.25, 0.3) is 0 Å². The number of hydrogen-bond acceptors (Lipinski definition) is 4. The molecule has 0 unspecified atom stereocenters. The molecule has 1 heterocycles.